The second kappa shape index (κ2) is 5.96. The van der Waals surface area contributed by atoms with Crippen molar-refractivity contribution in [2.24, 2.45) is 11.8 Å². The van der Waals surface area contributed by atoms with E-state index in [-0.39, 0.29) is 17.9 Å². The number of nitriles is 1. The van der Waals surface area contributed by atoms with Gasteiger partial charge in [0.25, 0.3) is 0 Å². The van der Waals surface area contributed by atoms with Crippen LogP contribution >= 0.6 is 0 Å². The van der Waals surface area contributed by atoms with Crippen molar-refractivity contribution in [2.75, 3.05) is 12.0 Å². The number of benzene rings is 2. The lowest BCUT2D eigenvalue weighted by molar-refractivity contribution is -0.123. The Hall–Kier alpha value is -3.59. The number of carbonyl (C=O) groups is 2. The third-order valence-corrected chi connectivity index (χ3v) is 5.92. The summed E-state index contributed by atoms with van der Waals surface area (Å²) >= 11 is 0. The van der Waals surface area contributed by atoms with E-state index in [0.717, 1.165) is 11.1 Å². The molecule has 2 aromatic carbocycles. The molecule has 0 aromatic heterocycles. The van der Waals surface area contributed by atoms with Gasteiger partial charge < -0.3 is 9.64 Å². The fourth-order valence-corrected chi connectivity index (χ4v) is 4.69. The van der Waals surface area contributed by atoms with Crippen molar-refractivity contribution in [3.8, 4) is 11.8 Å². The first kappa shape index (κ1) is 16.6. The summed E-state index contributed by atoms with van der Waals surface area (Å²) in [4.78, 5) is 29.7. The van der Waals surface area contributed by atoms with Gasteiger partial charge in [0.15, 0.2) is 0 Å². The molecule has 2 aromatic rings. The van der Waals surface area contributed by atoms with Crippen LogP contribution < -0.4 is 9.64 Å². The van der Waals surface area contributed by atoms with E-state index >= 15 is 0 Å². The number of imide groups is 1. The largest absolute Gasteiger partial charge is 0.497 e. The number of fused-ring (bicyclic) bond motifs is 5. The Labute approximate surface area is 162 Å². The molecule has 6 heteroatoms. The average Bonchev–Trinajstić information content (AvgIpc) is 3.20. The molecule has 5 rings (SSSR count). The smallest absolute Gasteiger partial charge is 0.240 e. The zero-order valence-electron chi connectivity index (χ0n) is 15.1. The number of amides is 2. The molecular formula is C22H17N3O3. The minimum atomic E-state index is -0.680. The van der Waals surface area contributed by atoms with Crippen LogP contribution in [0.15, 0.2) is 54.7 Å². The molecule has 0 saturated carbocycles. The van der Waals surface area contributed by atoms with Crippen LogP contribution in [0, 0.1) is 23.2 Å². The van der Waals surface area contributed by atoms with Crippen LogP contribution in [0.1, 0.15) is 17.2 Å². The lowest BCUT2D eigenvalue weighted by atomic mass is 9.85. The van der Waals surface area contributed by atoms with Crippen molar-refractivity contribution in [1.82, 2.24) is 4.90 Å². The van der Waals surface area contributed by atoms with E-state index in [9.17, 15) is 14.9 Å². The first-order valence-electron chi connectivity index (χ1n) is 9.12. The number of anilines is 1. The molecule has 6 nitrogen and oxygen atoms in total. The number of hydrogen-bond donors (Lipinski definition) is 0. The zero-order chi connectivity index (χ0) is 19.4. The Bertz CT molecular complexity index is 1050. The van der Waals surface area contributed by atoms with Crippen molar-refractivity contribution >= 4 is 23.6 Å². The summed E-state index contributed by atoms with van der Waals surface area (Å²) in [6.07, 6.45) is 3.78. The molecule has 3 heterocycles. The predicted octanol–water partition coefficient (Wildman–Crippen LogP) is 2.73. The van der Waals surface area contributed by atoms with Crippen LogP contribution in [-0.2, 0) is 9.59 Å². The summed E-state index contributed by atoms with van der Waals surface area (Å²) in [5.74, 6) is -1.17. The second-order valence-corrected chi connectivity index (χ2v) is 7.17. The van der Waals surface area contributed by atoms with Gasteiger partial charge in [0, 0.05) is 6.20 Å². The molecule has 3 aliphatic heterocycles. The van der Waals surface area contributed by atoms with E-state index in [2.05, 4.69) is 6.07 Å². The van der Waals surface area contributed by atoms with Gasteiger partial charge in [0.2, 0.25) is 11.8 Å². The molecule has 138 valence electrons. The molecule has 0 unspecified atom stereocenters. The van der Waals surface area contributed by atoms with Crippen molar-refractivity contribution < 1.29 is 14.3 Å². The van der Waals surface area contributed by atoms with Gasteiger partial charge in [-0.1, -0.05) is 24.3 Å². The summed E-state index contributed by atoms with van der Waals surface area (Å²) in [7, 11) is 1.56. The monoisotopic (exact) mass is 371 g/mol. The lowest BCUT2D eigenvalue weighted by Crippen LogP contribution is -2.40. The first-order chi connectivity index (χ1) is 13.7. The highest BCUT2D eigenvalue weighted by Crippen LogP contribution is 2.52. The van der Waals surface area contributed by atoms with E-state index in [4.69, 9.17) is 4.74 Å². The van der Waals surface area contributed by atoms with E-state index < -0.39 is 17.9 Å². The molecule has 2 fully saturated rings. The SMILES string of the molecule is COc1ccc(N2C(=O)[C@@H]3[C@H](C2=O)[C@H]2c4ccccc4C=CN2[C@H]3C#N)cc1. The maximum Gasteiger partial charge on any atom is 0.240 e. The maximum atomic E-state index is 13.4. The standard InChI is InChI=1S/C22H17N3O3/c1-28-15-8-6-14(7-9-15)25-21(26)18-17(12-23)24-11-10-13-4-2-3-5-16(13)20(24)19(18)22(25)27/h2-11,17-20H,1H3/t17-,18-,19-,20+/m0/s1. The van der Waals surface area contributed by atoms with Crippen LogP contribution in [0.3, 0.4) is 0 Å². The van der Waals surface area contributed by atoms with Gasteiger partial charge in [0.1, 0.15) is 11.8 Å². The van der Waals surface area contributed by atoms with Gasteiger partial charge in [-0.3, -0.25) is 9.59 Å². The maximum absolute atomic E-state index is 13.4. The Kier molecular flexibility index (Phi) is 3.53. The minimum absolute atomic E-state index is 0.252. The summed E-state index contributed by atoms with van der Waals surface area (Å²) < 4.78 is 5.16. The number of ether oxygens (including phenoxy) is 1. The lowest BCUT2D eigenvalue weighted by Gasteiger charge is -2.33. The summed E-state index contributed by atoms with van der Waals surface area (Å²) in [6, 6.07) is 15.9. The minimum Gasteiger partial charge on any atom is -0.497 e. The molecule has 2 amide bonds. The Morgan fingerprint density at radius 3 is 2.43 bits per heavy atom. The van der Waals surface area contributed by atoms with Crippen molar-refractivity contribution in [1.29, 1.82) is 5.26 Å². The third-order valence-electron chi connectivity index (χ3n) is 5.92. The van der Waals surface area contributed by atoms with Gasteiger partial charge in [-0.15, -0.1) is 0 Å². The molecule has 28 heavy (non-hydrogen) atoms. The van der Waals surface area contributed by atoms with Crippen molar-refractivity contribution in [2.45, 2.75) is 12.1 Å². The Morgan fingerprint density at radius 1 is 1.00 bits per heavy atom. The third kappa shape index (κ3) is 2.07. The molecule has 0 aliphatic carbocycles. The molecule has 3 aliphatic rings. The summed E-state index contributed by atoms with van der Waals surface area (Å²) in [5.41, 5.74) is 2.51. The number of methoxy groups -OCH3 is 1. The molecule has 4 atom stereocenters. The fourth-order valence-electron chi connectivity index (χ4n) is 4.69. The van der Waals surface area contributed by atoms with E-state index in [0.29, 0.717) is 11.4 Å². The molecular weight excluding hydrogens is 354 g/mol. The number of carbonyl (C=O) groups excluding carboxylic acids is 2. The molecule has 0 N–H and O–H groups in total. The number of nitrogens with zero attached hydrogens (tertiary/aromatic N) is 3. The second-order valence-electron chi connectivity index (χ2n) is 7.17. The van der Waals surface area contributed by atoms with Crippen LogP contribution in [0.2, 0.25) is 0 Å². The quantitative estimate of drug-likeness (QED) is 0.759. The van der Waals surface area contributed by atoms with Gasteiger partial charge >= 0.3 is 0 Å². The topological polar surface area (TPSA) is 73.6 Å². The van der Waals surface area contributed by atoms with Crippen LogP contribution in [0.4, 0.5) is 5.69 Å². The summed E-state index contributed by atoms with van der Waals surface area (Å²) in [5, 5.41) is 9.81. The molecule has 0 bridgehead atoms. The van der Waals surface area contributed by atoms with Gasteiger partial charge in [-0.25, -0.2) is 4.90 Å². The highest BCUT2D eigenvalue weighted by molar-refractivity contribution is 6.23. The van der Waals surface area contributed by atoms with Gasteiger partial charge in [-0.2, -0.15) is 5.26 Å². The summed E-state index contributed by atoms with van der Waals surface area (Å²) in [6.45, 7) is 0. The number of rotatable bonds is 2. The Morgan fingerprint density at radius 2 is 1.71 bits per heavy atom. The van der Waals surface area contributed by atoms with E-state index in [1.807, 2.05) is 41.4 Å². The van der Waals surface area contributed by atoms with Crippen LogP contribution in [-0.4, -0.2) is 29.9 Å². The molecule has 0 spiro atoms. The zero-order valence-corrected chi connectivity index (χ0v) is 15.1. The van der Waals surface area contributed by atoms with Gasteiger partial charge in [-0.05, 0) is 41.5 Å². The van der Waals surface area contributed by atoms with E-state index in [1.54, 1.807) is 31.4 Å². The highest BCUT2D eigenvalue weighted by Gasteiger charge is 2.63. The predicted molar refractivity (Wildman–Crippen MR) is 102 cm³/mol. The van der Waals surface area contributed by atoms with Crippen molar-refractivity contribution in [3.05, 3.63) is 65.9 Å². The number of hydrogen-bond acceptors (Lipinski definition) is 5. The van der Waals surface area contributed by atoms with E-state index in [1.165, 1.54) is 4.90 Å². The molecule has 2 saturated heterocycles. The normalized spacial score (nSPS) is 27.3. The Balaban J connectivity index is 1.60. The molecule has 0 radical (unpaired) electrons. The van der Waals surface area contributed by atoms with Crippen LogP contribution in [0.25, 0.3) is 6.08 Å². The fraction of sp³-hybridized carbons (Fsp3) is 0.227. The average molecular weight is 371 g/mol. The van der Waals surface area contributed by atoms with Crippen molar-refractivity contribution in [3.63, 3.8) is 0 Å². The van der Waals surface area contributed by atoms with Gasteiger partial charge in [0.05, 0.1) is 36.7 Å². The highest BCUT2D eigenvalue weighted by atomic mass is 16.5. The van der Waals surface area contributed by atoms with Crippen LogP contribution in [0.5, 0.6) is 5.75 Å². The first-order valence-corrected chi connectivity index (χ1v) is 9.12.